The average molecular weight is 351 g/mol. The molecule has 0 bridgehead atoms. The molecule has 1 amide bonds. The zero-order valence-electron chi connectivity index (χ0n) is 13.7. The molecule has 1 atom stereocenters. The van der Waals surface area contributed by atoms with Crippen LogP contribution in [0, 0.1) is 5.82 Å². The normalized spacial score (nSPS) is 18.7. The smallest absolute Gasteiger partial charge is 0.242 e. The molecule has 1 fully saturated rings. The second kappa shape index (κ2) is 6.91. The second-order valence-corrected chi connectivity index (χ2v) is 6.27. The van der Waals surface area contributed by atoms with Crippen LogP contribution >= 0.6 is 11.6 Å². The molecule has 0 radical (unpaired) electrons. The van der Waals surface area contributed by atoms with Crippen LogP contribution in [-0.4, -0.2) is 33.7 Å². The van der Waals surface area contributed by atoms with Crippen molar-refractivity contribution in [3.8, 4) is 0 Å². The Morgan fingerprint density at radius 1 is 1.46 bits per heavy atom. The van der Waals surface area contributed by atoms with E-state index in [1.54, 1.807) is 23.9 Å². The van der Waals surface area contributed by atoms with Crippen LogP contribution in [0.1, 0.15) is 29.8 Å². The number of aromatic nitrogens is 2. The highest BCUT2D eigenvalue weighted by Crippen LogP contribution is 2.29. The molecular formula is C17H20ClFN4O. The molecule has 2 heterocycles. The van der Waals surface area contributed by atoms with Crippen molar-refractivity contribution in [1.82, 2.24) is 20.0 Å². The molecule has 24 heavy (non-hydrogen) atoms. The summed E-state index contributed by atoms with van der Waals surface area (Å²) >= 11 is 6.38. The molecule has 1 aliphatic rings. The first-order chi connectivity index (χ1) is 11.5. The van der Waals surface area contributed by atoms with Gasteiger partial charge in [0, 0.05) is 32.2 Å². The van der Waals surface area contributed by atoms with Crippen LogP contribution in [0.15, 0.2) is 24.3 Å². The Kier molecular flexibility index (Phi) is 4.87. The Bertz CT molecular complexity index is 761. The number of amides is 1. The van der Waals surface area contributed by atoms with Crippen LogP contribution in [0.5, 0.6) is 0 Å². The Morgan fingerprint density at radius 3 is 2.96 bits per heavy atom. The van der Waals surface area contributed by atoms with Crippen molar-refractivity contribution in [2.45, 2.75) is 25.9 Å². The molecule has 1 aliphatic heterocycles. The van der Waals surface area contributed by atoms with Gasteiger partial charge in [0.1, 0.15) is 17.0 Å². The van der Waals surface area contributed by atoms with Crippen LogP contribution < -0.4 is 5.32 Å². The molecule has 1 aromatic carbocycles. The minimum Gasteiger partial charge on any atom is -0.353 e. The predicted molar refractivity (Wildman–Crippen MR) is 90.2 cm³/mol. The van der Waals surface area contributed by atoms with Gasteiger partial charge in [0.2, 0.25) is 5.91 Å². The molecule has 0 saturated carbocycles. The maximum Gasteiger partial charge on any atom is 0.242 e. The number of piperazine rings is 1. The zero-order chi connectivity index (χ0) is 17.3. The first-order valence-corrected chi connectivity index (χ1v) is 8.36. The van der Waals surface area contributed by atoms with Gasteiger partial charge in [-0.05, 0) is 24.1 Å². The third-order valence-electron chi connectivity index (χ3n) is 4.32. The summed E-state index contributed by atoms with van der Waals surface area (Å²) in [5, 5.41) is 7.86. The van der Waals surface area contributed by atoms with E-state index >= 15 is 0 Å². The largest absolute Gasteiger partial charge is 0.353 e. The number of carbonyl (C=O) groups excluding carboxylic acids is 1. The molecule has 1 unspecified atom stereocenters. The standard InChI is InChI=1S/C17H20ClFN4O/c1-3-14-13(16(18)22(2)21-14)10-23-8-7-20-17(24)15(23)11-5-4-6-12(19)9-11/h4-6,9,15H,3,7-8,10H2,1-2H3,(H,20,24). The van der Waals surface area contributed by atoms with Crippen molar-refractivity contribution >= 4 is 17.5 Å². The highest BCUT2D eigenvalue weighted by molar-refractivity contribution is 6.30. The van der Waals surface area contributed by atoms with Gasteiger partial charge >= 0.3 is 0 Å². The topological polar surface area (TPSA) is 50.2 Å². The maximum absolute atomic E-state index is 13.6. The van der Waals surface area contributed by atoms with E-state index in [4.69, 9.17) is 11.6 Å². The van der Waals surface area contributed by atoms with E-state index < -0.39 is 6.04 Å². The number of carbonyl (C=O) groups is 1. The van der Waals surface area contributed by atoms with Gasteiger partial charge in [0.25, 0.3) is 0 Å². The summed E-state index contributed by atoms with van der Waals surface area (Å²) < 4.78 is 15.3. The third-order valence-corrected chi connectivity index (χ3v) is 4.80. The SMILES string of the molecule is CCc1nn(C)c(Cl)c1CN1CCNC(=O)C1c1cccc(F)c1. The summed E-state index contributed by atoms with van der Waals surface area (Å²) in [5.74, 6) is -0.468. The summed E-state index contributed by atoms with van der Waals surface area (Å²) in [4.78, 5) is 14.4. The fourth-order valence-corrected chi connectivity index (χ4v) is 3.37. The maximum atomic E-state index is 13.6. The van der Waals surface area contributed by atoms with Gasteiger partial charge in [-0.3, -0.25) is 14.4 Å². The van der Waals surface area contributed by atoms with Gasteiger partial charge in [-0.15, -0.1) is 0 Å². The number of nitrogens with zero attached hydrogens (tertiary/aromatic N) is 3. The minimum absolute atomic E-state index is 0.120. The van der Waals surface area contributed by atoms with Crippen molar-refractivity contribution in [3.05, 3.63) is 52.1 Å². The quantitative estimate of drug-likeness (QED) is 0.921. The van der Waals surface area contributed by atoms with Gasteiger partial charge < -0.3 is 5.32 Å². The van der Waals surface area contributed by atoms with Gasteiger partial charge in [-0.2, -0.15) is 5.10 Å². The van der Waals surface area contributed by atoms with Crippen LogP contribution in [0.4, 0.5) is 4.39 Å². The molecule has 128 valence electrons. The summed E-state index contributed by atoms with van der Waals surface area (Å²) in [6.07, 6.45) is 0.764. The summed E-state index contributed by atoms with van der Waals surface area (Å²) in [7, 11) is 1.80. The minimum atomic E-state index is -0.532. The molecule has 1 saturated heterocycles. The lowest BCUT2D eigenvalue weighted by Gasteiger charge is -2.35. The molecule has 0 aliphatic carbocycles. The van der Waals surface area contributed by atoms with Gasteiger partial charge in [-0.25, -0.2) is 4.39 Å². The van der Waals surface area contributed by atoms with Crippen molar-refractivity contribution in [2.24, 2.45) is 7.05 Å². The van der Waals surface area contributed by atoms with Crippen LogP contribution in [0.2, 0.25) is 5.15 Å². The Hall–Kier alpha value is -1.92. The summed E-state index contributed by atoms with van der Waals surface area (Å²) in [6, 6.07) is 5.65. The molecular weight excluding hydrogens is 331 g/mol. The number of halogens is 2. The van der Waals surface area contributed by atoms with Crippen molar-refractivity contribution in [1.29, 1.82) is 0 Å². The zero-order valence-corrected chi connectivity index (χ0v) is 14.5. The monoisotopic (exact) mass is 350 g/mol. The Morgan fingerprint density at radius 2 is 2.25 bits per heavy atom. The number of hydrogen-bond donors (Lipinski definition) is 1. The Labute approximate surface area is 145 Å². The molecule has 7 heteroatoms. The van der Waals surface area contributed by atoms with E-state index in [0.717, 1.165) is 17.7 Å². The second-order valence-electron chi connectivity index (χ2n) is 5.91. The van der Waals surface area contributed by atoms with Crippen molar-refractivity contribution in [2.75, 3.05) is 13.1 Å². The van der Waals surface area contributed by atoms with E-state index in [0.29, 0.717) is 30.4 Å². The summed E-state index contributed by atoms with van der Waals surface area (Å²) in [5.41, 5.74) is 2.49. The fraction of sp³-hybridized carbons (Fsp3) is 0.412. The lowest BCUT2D eigenvalue weighted by Crippen LogP contribution is -2.49. The number of aryl methyl sites for hydroxylation is 2. The number of benzene rings is 1. The number of rotatable bonds is 4. The first-order valence-electron chi connectivity index (χ1n) is 7.98. The van der Waals surface area contributed by atoms with Crippen molar-refractivity contribution < 1.29 is 9.18 Å². The molecule has 0 spiro atoms. The van der Waals surface area contributed by atoms with Crippen LogP contribution in [0.25, 0.3) is 0 Å². The number of hydrogen-bond acceptors (Lipinski definition) is 3. The third kappa shape index (κ3) is 3.16. The van der Waals surface area contributed by atoms with E-state index in [1.807, 2.05) is 11.8 Å². The highest BCUT2D eigenvalue weighted by atomic mass is 35.5. The molecule has 1 aromatic heterocycles. The molecule has 2 aromatic rings. The van der Waals surface area contributed by atoms with E-state index in [2.05, 4.69) is 10.4 Å². The first kappa shape index (κ1) is 16.9. The van der Waals surface area contributed by atoms with E-state index in [1.165, 1.54) is 12.1 Å². The highest BCUT2D eigenvalue weighted by Gasteiger charge is 2.32. The fourth-order valence-electron chi connectivity index (χ4n) is 3.17. The molecule has 5 nitrogen and oxygen atoms in total. The predicted octanol–water partition coefficient (Wildman–Crippen LogP) is 2.45. The lowest BCUT2D eigenvalue weighted by atomic mass is 10.0. The van der Waals surface area contributed by atoms with Gasteiger partial charge in [-0.1, -0.05) is 30.7 Å². The summed E-state index contributed by atoms with van der Waals surface area (Å²) in [6.45, 7) is 3.75. The van der Waals surface area contributed by atoms with Gasteiger partial charge in [0.05, 0.1) is 5.69 Å². The average Bonchev–Trinajstić information content (AvgIpc) is 2.83. The van der Waals surface area contributed by atoms with Crippen LogP contribution in [-0.2, 0) is 24.8 Å². The van der Waals surface area contributed by atoms with Gasteiger partial charge in [0.15, 0.2) is 0 Å². The van der Waals surface area contributed by atoms with Crippen molar-refractivity contribution in [3.63, 3.8) is 0 Å². The van der Waals surface area contributed by atoms with E-state index in [9.17, 15) is 9.18 Å². The van der Waals surface area contributed by atoms with E-state index in [-0.39, 0.29) is 11.7 Å². The lowest BCUT2D eigenvalue weighted by molar-refractivity contribution is -0.129. The van der Waals surface area contributed by atoms with Crippen LogP contribution in [0.3, 0.4) is 0 Å². The molecule has 1 N–H and O–H groups in total. The Balaban J connectivity index is 1.94. The number of nitrogens with one attached hydrogen (secondary N) is 1. The molecule has 3 rings (SSSR count).